The third kappa shape index (κ3) is 3.64. The number of rotatable bonds is 6. The lowest BCUT2D eigenvalue weighted by molar-refractivity contribution is -0.00119. The molecule has 1 aliphatic heterocycles. The number of methoxy groups -OCH3 is 1. The Morgan fingerprint density at radius 2 is 1.97 bits per heavy atom. The first-order valence-corrected chi connectivity index (χ1v) is 10.0. The fourth-order valence-corrected chi connectivity index (χ4v) is 3.58. The van der Waals surface area contributed by atoms with Crippen molar-refractivity contribution in [1.29, 1.82) is 0 Å². The van der Waals surface area contributed by atoms with Crippen LogP contribution in [0.15, 0.2) is 53.1 Å². The Morgan fingerprint density at radius 1 is 1.13 bits per heavy atom. The number of fused-ring (bicyclic) bond motifs is 1. The molecule has 0 bridgehead atoms. The smallest absolute Gasteiger partial charge is 0.280 e. The Balaban J connectivity index is 1.37. The number of benzene rings is 2. The first-order valence-electron chi connectivity index (χ1n) is 10.0. The largest absolute Gasteiger partial charge is 0.496 e. The minimum Gasteiger partial charge on any atom is -0.496 e. The van der Waals surface area contributed by atoms with Crippen LogP contribution in [0.1, 0.15) is 24.3 Å². The zero-order valence-corrected chi connectivity index (χ0v) is 17.2. The van der Waals surface area contributed by atoms with Crippen molar-refractivity contribution >= 4 is 0 Å². The zero-order chi connectivity index (χ0) is 21.2. The van der Waals surface area contributed by atoms with E-state index in [9.17, 15) is 0 Å². The second-order valence-electron chi connectivity index (χ2n) is 6.99. The van der Waals surface area contributed by atoms with Crippen molar-refractivity contribution in [1.82, 2.24) is 25.1 Å². The van der Waals surface area contributed by atoms with Gasteiger partial charge in [0.15, 0.2) is 5.69 Å². The molecule has 0 saturated carbocycles. The molecule has 0 radical (unpaired) electrons. The van der Waals surface area contributed by atoms with E-state index in [0.29, 0.717) is 42.9 Å². The Bertz CT molecular complexity index is 1180. The average Bonchev–Trinajstić information content (AvgIpc) is 3.46. The van der Waals surface area contributed by atoms with E-state index >= 15 is 0 Å². The normalized spacial score (nSPS) is 15.5. The van der Waals surface area contributed by atoms with Gasteiger partial charge in [0, 0.05) is 0 Å². The molecular formula is C22H21N5O4. The van der Waals surface area contributed by atoms with E-state index < -0.39 is 0 Å². The van der Waals surface area contributed by atoms with Crippen LogP contribution in [-0.2, 0) is 17.9 Å². The maximum absolute atomic E-state index is 6.09. The lowest BCUT2D eigenvalue weighted by Crippen LogP contribution is -2.22. The highest BCUT2D eigenvalue weighted by molar-refractivity contribution is 5.65. The van der Waals surface area contributed by atoms with Crippen LogP contribution in [0.3, 0.4) is 0 Å². The van der Waals surface area contributed by atoms with Crippen LogP contribution < -0.4 is 9.47 Å². The van der Waals surface area contributed by atoms with Crippen molar-refractivity contribution < 1.29 is 18.7 Å². The zero-order valence-electron chi connectivity index (χ0n) is 17.2. The maximum atomic E-state index is 6.09. The second-order valence-corrected chi connectivity index (χ2v) is 6.99. The molecule has 0 fully saturated rings. The van der Waals surface area contributed by atoms with Crippen LogP contribution in [0.4, 0.5) is 0 Å². The summed E-state index contributed by atoms with van der Waals surface area (Å²) in [6.45, 7) is 3.49. The van der Waals surface area contributed by atoms with E-state index in [1.165, 1.54) is 0 Å². The molecule has 9 heteroatoms. The molecular weight excluding hydrogens is 398 g/mol. The van der Waals surface area contributed by atoms with Gasteiger partial charge < -0.3 is 18.7 Å². The molecule has 1 atom stereocenters. The van der Waals surface area contributed by atoms with Crippen molar-refractivity contribution in [3.63, 3.8) is 0 Å². The van der Waals surface area contributed by atoms with Gasteiger partial charge in [0.25, 0.3) is 5.89 Å². The highest BCUT2D eigenvalue weighted by atomic mass is 16.5. The first kappa shape index (κ1) is 19.3. The van der Waals surface area contributed by atoms with Gasteiger partial charge in [-0.15, -0.1) is 5.10 Å². The van der Waals surface area contributed by atoms with Crippen LogP contribution in [0, 0.1) is 0 Å². The average molecular weight is 419 g/mol. The van der Waals surface area contributed by atoms with Gasteiger partial charge in [0.2, 0.25) is 5.82 Å². The topological polar surface area (TPSA) is 97.3 Å². The molecule has 0 saturated heterocycles. The summed E-state index contributed by atoms with van der Waals surface area (Å²) in [6, 6.07) is 15.4. The minimum atomic E-state index is -0.121. The molecule has 5 rings (SSSR count). The van der Waals surface area contributed by atoms with E-state index in [0.717, 1.165) is 22.6 Å². The van der Waals surface area contributed by atoms with Crippen LogP contribution in [-0.4, -0.2) is 38.9 Å². The SMILES string of the molecule is CCOc1ccc([C@H]2Cn3nnc(-c4nc(-c5ccccc5OC)no4)c3CO2)cc1. The van der Waals surface area contributed by atoms with Gasteiger partial charge in [-0.2, -0.15) is 4.98 Å². The lowest BCUT2D eigenvalue weighted by atomic mass is 10.1. The third-order valence-corrected chi connectivity index (χ3v) is 5.14. The van der Waals surface area contributed by atoms with Gasteiger partial charge >= 0.3 is 0 Å². The second kappa shape index (κ2) is 8.19. The summed E-state index contributed by atoms with van der Waals surface area (Å²) in [6.07, 6.45) is -0.121. The number of aromatic nitrogens is 5. The Morgan fingerprint density at radius 3 is 2.77 bits per heavy atom. The molecule has 1 aliphatic rings. The molecule has 158 valence electrons. The molecule has 9 nitrogen and oxygen atoms in total. The van der Waals surface area contributed by atoms with Crippen molar-refractivity contribution in [3.05, 3.63) is 59.8 Å². The number of hydrogen-bond donors (Lipinski definition) is 0. The summed E-state index contributed by atoms with van der Waals surface area (Å²) in [7, 11) is 1.60. The van der Waals surface area contributed by atoms with Crippen LogP contribution >= 0.6 is 0 Å². The van der Waals surface area contributed by atoms with E-state index in [4.69, 9.17) is 18.7 Å². The third-order valence-electron chi connectivity index (χ3n) is 5.14. The molecule has 2 aromatic carbocycles. The highest BCUT2D eigenvalue weighted by Crippen LogP contribution is 2.33. The molecule has 0 N–H and O–H groups in total. The number of ether oxygens (including phenoxy) is 3. The monoisotopic (exact) mass is 419 g/mol. The van der Waals surface area contributed by atoms with Gasteiger partial charge in [0.05, 0.1) is 38.1 Å². The van der Waals surface area contributed by atoms with Crippen LogP contribution in [0.2, 0.25) is 0 Å². The molecule has 4 aromatic rings. The molecule has 0 amide bonds. The van der Waals surface area contributed by atoms with Gasteiger partial charge in [-0.3, -0.25) is 0 Å². The summed E-state index contributed by atoms with van der Waals surface area (Å²) in [5.74, 6) is 2.23. The summed E-state index contributed by atoms with van der Waals surface area (Å²) in [5, 5.41) is 12.6. The minimum absolute atomic E-state index is 0.121. The van der Waals surface area contributed by atoms with Crippen molar-refractivity contribution in [2.24, 2.45) is 0 Å². The molecule has 0 unspecified atom stereocenters. The van der Waals surface area contributed by atoms with Gasteiger partial charge in [0.1, 0.15) is 17.6 Å². The summed E-state index contributed by atoms with van der Waals surface area (Å²) < 4.78 is 24.3. The number of hydrogen-bond acceptors (Lipinski definition) is 8. The molecule has 3 heterocycles. The fraction of sp³-hybridized carbons (Fsp3) is 0.273. The molecule has 0 aliphatic carbocycles. The van der Waals surface area contributed by atoms with Crippen molar-refractivity contribution in [2.75, 3.05) is 13.7 Å². The van der Waals surface area contributed by atoms with E-state index in [2.05, 4.69) is 20.5 Å². The Kier molecular flexibility index (Phi) is 5.09. The Hall–Kier alpha value is -3.72. The standard InChI is InChI=1S/C22H21N5O4/c1-3-29-15-10-8-14(9-11-15)19-12-27-17(13-30-19)20(24-26-27)22-23-21(25-31-22)16-6-4-5-7-18(16)28-2/h4-11,19H,3,12-13H2,1-2H3/t19-/m1/s1. The van der Waals surface area contributed by atoms with Crippen molar-refractivity contribution in [2.45, 2.75) is 26.2 Å². The van der Waals surface area contributed by atoms with Crippen molar-refractivity contribution in [3.8, 4) is 34.5 Å². The molecule has 31 heavy (non-hydrogen) atoms. The van der Waals surface area contributed by atoms with Gasteiger partial charge in [-0.1, -0.05) is 34.6 Å². The van der Waals surface area contributed by atoms with Gasteiger partial charge in [-0.05, 0) is 36.8 Å². The number of para-hydroxylation sites is 1. The fourth-order valence-electron chi connectivity index (χ4n) is 3.58. The maximum Gasteiger partial charge on any atom is 0.280 e. The van der Waals surface area contributed by atoms with Crippen LogP contribution in [0.25, 0.3) is 23.0 Å². The highest BCUT2D eigenvalue weighted by Gasteiger charge is 2.28. The predicted octanol–water partition coefficient (Wildman–Crippen LogP) is 3.67. The number of nitrogens with zero attached hydrogens (tertiary/aromatic N) is 5. The lowest BCUT2D eigenvalue weighted by Gasteiger charge is -2.24. The Labute approximate surface area is 178 Å². The predicted molar refractivity (Wildman–Crippen MR) is 110 cm³/mol. The van der Waals surface area contributed by atoms with Crippen LogP contribution in [0.5, 0.6) is 11.5 Å². The summed E-state index contributed by atoms with van der Waals surface area (Å²) in [4.78, 5) is 4.50. The first-order chi connectivity index (χ1) is 15.3. The quantitative estimate of drug-likeness (QED) is 0.467. The van der Waals surface area contributed by atoms with E-state index in [1.54, 1.807) is 7.11 Å². The summed E-state index contributed by atoms with van der Waals surface area (Å²) in [5.41, 5.74) is 3.13. The molecule has 0 spiro atoms. The summed E-state index contributed by atoms with van der Waals surface area (Å²) >= 11 is 0. The van der Waals surface area contributed by atoms with E-state index in [1.807, 2.05) is 60.1 Å². The van der Waals surface area contributed by atoms with E-state index in [-0.39, 0.29) is 6.10 Å². The molecule has 2 aromatic heterocycles. The van der Waals surface area contributed by atoms with Gasteiger partial charge in [-0.25, -0.2) is 4.68 Å².